The molecule has 2 aromatic heterocycles. The van der Waals surface area contributed by atoms with Crippen LogP contribution >= 0.6 is 0 Å². The Balaban J connectivity index is 1.29. The van der Waals surface area contributed by atoms with Gasteiger partial charge in [-0.25, -0.2) is 15.0 Å². The predicted octanol–water partition coefficient (Wildman–Crippen LogP) is 3.48. The molecule has 5 rings (SSSR count). The molecule has 0 unspecified atom stereocenters. The lowest BCUT2D eigenvalue weighted by Crippen LogP contribution is -2.27. The van der Waals surface area contributed by atoms with Crippen LogP contribution in [0, 0.1) is 6.92 Å². The standard InChI is InChI=1S/C28H31N7O3/c1-3-30-27-16-23(9-11-35(27)29)38-26-7-4-20(14-19(26)2)33-28-24-15-22(5-6-25(24)31-18-32-28)37-13-12-34-10-8-21(36)17-34/h3-7,9,11,14-16,18,21,36H,1,8,10,12-13,17,29H2,2H3,(H,31,32,33)/b30-27-/t21-/m1/s1. The molecule has 1 atom stereocenters. The van der Waals surface area contributed by atoms with Gasteiger partial charge in [0.15, 0.2) is 5.49 Å². The molecule has 1 aliphatic rings. The number of benzene rings is 2. The van der Waals surface area contributed by atoms with E-state index in [1.807, 2.05) is 43.3 Å². The van der Waals surface area contributed by atoms with Crippen molar-refractivity contribution in [2.45, 2.75) is 19.4 Å². The first-order chi connectivity index (χ1) is 18.5. The molecule has 1 aliphatic heterocycles. The van der Waals surface area contributed by atoms with Crippen molar-refractivity contribution in [3.05, 3.63) is 84.9 Å². The van der Waals surface area contributed by atoms with Crippen molar-refractivity contribution in [2.24, 2.45) is 4.99 Å². The van der Waals surface area contributed by atoms with Gasteiger partial charge in [0.2, 0.25) is 0 Å². The number of aliphatic hydroxyl groups excluding tert-OH is 1. The number of likely N-dealkylation sites (tertiary alicyclic amines) is 1. The number of anilines is 2. The number of rotatable bonds is 9. The second-order valence-corrected chi connectivity index (χ2v) is 9.14. The van der Waals surface area contributed by atoms with Crippen molar-refractivity contribution in [1.29, 1.82) is 0 Å². The Bertz CT molecular complexity index is 1520. The van der Waals surface area contributed by atoms with E-state index in [0.717, 1.165) is 47.4 Å². The summed E-state index contributed by atoms with van der Waals surface area (Å²) in [5, 5.41) is 14.0. The number of fused-ring (bicyclic) bond motifs is 1. The highest BCUT2D eigenvalue weighted by molar-refractivity contribution is 5.91. The molecule has 0 radical (unpaired) electrons. The Morgan fingerprint density at radius 3 is 2.87 bits per heavy atom. The lowest BCUT2D eigenvalue weighted by atomic mass is 10.2. The molecule has 10 nitrogen and oxygen atoms in total. The Kier molecular flexibility index (Phi) is 7.52. The van der Waals surface area contributed by atoms with Gasteiger partial charge in [-0.3, -0.25) is 9.58 Å². The van der Waals surface area contributed by atoms with Crippen molar-refractivity contribution in [2.75, 3.05) is 37.4 Å². The van der Waals surface area contributed by atoms with E-state index < -0.39 is 0 Å². The molecule has 10 heteroatoms. The van der Waals surface area contributed by atoms with Crippen molar-refractivity contribution in [1.82, 2.24) is 19.5 Å². The predicted molar refractivity (Wildman–Crippen MR) is 147 cm³/mol. The fraction of sp³-hybridized carbons (Fsp3) is 0.250. The fourth-order valence-electron chi connectivity index (χ4n) is 4.38. The summed E-state index contributed by atoms with van der Waals surface area (Å²) in [5.74, 6) is 8.64. The van der Waals surface area contributed by atoms with Crippen LogP contribution in [0.4, 0.5) is 11.5 Å². The van der Waals surface area contributed by atoms with Crippen LogP contribution < -0.4 is 26.1 Å². The van der Waals surface area contributed by atoms with Crippen LogP contribution in [0.2, 0.25) is 0 Å². The number of hydrogen-bond donors (Lipinski definition) is 3. The molecular weight excluding hydrogens is 482 g/mol. The molecule has 4 aromatic rings. The number of ether oxygens (including phenoxy) is 2. The Hall–Kier alpha value is -4.41. The molecule has 4 N–H and O–H groups in total. The number of nitrogens with one attached hydrogen (secondary N) is 1. The number of aromatic nitrogens is 3. The average molecular weight is 514 g/mol. The molecule has 2 aromatic carbocycles. The van der Waals surface area contributed by atoms with Gasteiger partial charge in [-0.05, 0) is 61.4 Å². The quantitative estimate of drug-likeness (QED) is 0.291. The zero-order chi connectivity index (χ0) is 26.5. The lowest BCUT2D eigenvalue weighted by molar-refractivity contribution is 0.167. The Morgan fingerprint density at radius 1 is 1.18 bits per heavy atom. The van der Waals surface area contributed by atoms with Crippen LogP contribution in [0.1, 0.15) is 12.0 Å². The summed E-state index contributed by atoms with van der Waals surface area (Å²) in [5.41, 5.74) is 3.15. The third-order valence-electron chi connectivity index (χ3n) is 6.35. The first kappa shape index (κ1) is 25.2. The van der Waals surface area contributed by atoms with Gasteiger partial charge in [-0.2, -0.15) is 0 Å². The number of aryl methyl sites for hydroxylation is 1. The minimum Gasteiger partial charge on any atom is -0.492 e. The van der Waals surface area contributed by atoms with Gasteiger partial charge >= 0.3 is 0 Å². The summed E-state index contributed by atoms with van der Waals surface area (Å²) in [4.78, 5) is 15.2. The SMILES string of the molecule is C=C/N=c1/cc(Oc2ccc(Nc3ncnc4ccc(OCCN5CC[C@@H](O)C5)cc34)cc2C)ccn1N. The molecule has 0 bridgehead atoms. The van der Waals surface area contributed by atoms with Crippen molar-refractivity contribution in [3.8, 4) is 17.2 Å². The summed E-state index contributed by atoms with van der Waals surface area (Å²) in [6.45, 7) is 8.52. The monoisotopic (exact) mass is 513 g/mol. The molecule has 0 aliphatic carbocycles. The highest BCUT2D eigenvalue weighted by Crippen LogP contribution is 2.30. The molecule has 196 valence electrons. The maximum Gasteiger partial charge on any atom is 0.154 e. The van der Waals surface area contributed by atoms with E-state index in [0.29, 0.717) is 36.0 Å². The molecule has 0 saturated carbocycles. The summed E-state index contributed by atoms with van der Waals surface area (Å²) in [7, 11) is 0. The van der Waals surface area contributed by atoms with Crippen LogP contribution in [0.3, 0.4) is 0 Å². The Morgan fingerprint density at radius 2 is 2.08 bits per heavy atom. The van der Waals surface area contributed by atoms with Gasteiger partial charge in [0.05, 0.1) is 11.6 Å². The highest BCUT2D eigenvalue weighted by Gasteiger charge is 2.19. The van der Waals surface area contributed by atoms with Crippen molar-refractivity contribution >= 4 is 22.4 Å². The van der Waals surface area contributed by atoms with Crippen LogP contribution in [-0.2, 0) is 0 Å². The van der Waals surface area contributed by atoms with Gasteiger partial charge in [0, 0.05) is 49.2 Å². The third-order valence-corrected chi connectivity index (χ3v) is 6.35. The van der Waals surface area contributed by atoms with E-state index in [4.69, 9.17) is 15.3 Å². The Labute approximate surface area is 220 Å². The normalized spacial score (nSPS) is 16.1. The number of nitrogen functional groups attached to an aromatic ring is 1. The number of nitrogens with two attached hydrogens (primary N) is 1. The van der Waals surface area contributed by atoms with Gasteiger partial charge in [-0.15, -0.1) is 0 Å². The summed E-state index contributed by atoms with van der Waals surface area (Å²) >= 11 is 0. The minimum absolute atomic E-state index is 0.228. The van der Waals surface area contributed by atoms with Crippen molar-refractivity contribution < 1.29 is 14.6 Å². The largest absolute Gasteiger partial charge is 0.492 e. The third kappa shape index (κ3) is 5.93. The summed E-state index contributed by atoms with van der Waals surface area (Å²) in [6, 6.07) is 15.1. The fourth-order valence-corrected chi connectivity index (χ4v) is 4.38. The highest BCUT2D eigenvalue weighted by atomic mass is 16.5. The maximum atomic E-state index is 9.70. The van der Waals surface area contributed by atoms with E-state index in [1.165, 1.54) is 10.9 Å². The lowest BCUT2D eigenvalue weighted by Gasteiger charge is -2.16. The van der Waals surface area contributed by atoms with Gasteiger partial charge in [0.1, 0.15) is 36.0 Å². The molecule has 0 amide bonds. The van der Waals surface area contributed by atoms with Crippen LogP contribution in [-0.4, -0.2) is 57.0 Å². The van der Waals surface area contributed by atoms with E-state index in [-0.39, 0.29) is 6.10 Å². The van der Waals surface area contributed by atoms with Crippen LogP contribution in [0.5, 0.6) is 17.2 Å². The van der Waals surface area contributed by atoms with Gasteiger partial charge in [-0.1, -0.05) is 6.58 Å². The molecule has 1 saturated heterocycles. The first-order valence-corrected chi connectivity index (χ1v) is 12.4. The van der Waals surface area contributed by atoms with Crippen LogP contribution in [0.15, 0.2) is 78.8 Å². The summed E-state index contributed by atoms with van der Waals surface area (Å²) < 4.78 is 13.5. The molecule has 1 fully saturated rings. The van der Waals surface area contributed by atoms with Gasteiger partial charge < -0.3 is 25.7 Å². The second kappa shape index (κ2) is 11.3. The smallest absolute Gasteiger partial charge is 0.154 e. The zero-order valence-corrected chi connectivity index (χ0v) is 21.2. The minimum atomic E-state index is -0.228. The summed E-state index contributed by atoms with van der Waals surface area (Å²) in [6.07, 6.45) is 5.24. The van der Waals surface area contributed by atoms with Gasteiger partial charge in [0.25, 0.3) is 0 Å². The van der Waals surface area contributed by atoms with E-state index in [2.05, 4.69) is 31.8 Å². The van der Waals surface area contributed by atoms with Crippen LogP contribution in [0.25, 0.3) is 10.9 Å². The number of hydrogen-bond acceptors (Lipinski definition) is 9. The number of β-amino-alcohol motifs (C(OH)–C–C–N with tert-alkyl or cyclic N) is 1. The van der Waals surface area contributed by atoms with E-state index in [9.17, 15) is 5.11 Å². The molecule has 38 heavy (non-hydrogen) atoms. The van der Waals surface area contributed by atoms with E-state index in [1.54, 1.807) is 24.7 Å². The maximum absolute atomic E-state index is 9.70. The van der Waals surface area contributed by atoms with E-state index >= 15 is 0 Å². The molecular formula is C28H31N7O3. The average Bonchev–Trinajstić information content (AvgIpc) is 3.33. The number of pyridine rings is 1. The van der Waals surface area contributed by atoms with Crippen molar-refractivity contribution in [3.63, 3.8) is 0 Å². The molecule has 0 spiro atoms. The topological polar surface area (TPSA) is 123 Å². The zero-order valence-electron chi connectivity index (χ0n) is 21.2. The first-order valence-electron chi connectivity index (χ1n) is 12.4. The second-order valence-electron chi connectivity index (χ2n) is 9.14. The number of nitrogens with zero attached hydrogens (tertiary/aromatic N) is 5. The molecule has 3 heterocycles. The number of aliphatic hydroxyl groups is 1.